The number of aliphatic hydroxyl groups is 1. The van der Waals surface area contributed by atoms with Crippen molar-refractivity contribution in [2.75, 3.05) is 0 Å². The highest BCUT2D eigenvalue weighted by Gasteiger charge is 2.59. The molecule has 31 heavy (non-hydrogen) atoms. The molecule has 0 radical (unpaired) electrons. The van der Waals surface area contributed by atoms with Gasteiger partial charge in [-0.15, -0.1) is 0 Å². The van der Waals surface area contributed by atoms with Crippen LogP contribution in [0.15, 0.2) is 22.8 Å². The lowest BCUT2D eigenvalue weighted by Crippen LogP contribution is -2.54. The summed E-state index contributed by atoms with van der Waals surface area (Å²) in [4.78, 5) is 0. The molecule has 0 aromatic carbocycles. The number of allylic oxidation sites excluding steroid dienone is 4. The molecule has 2 fully saturated rings. The molecule has 0 bridgehead atoms. The average Bonchev–Trinajstić information content (AvgIpc) is 3.08. The summed E-state index contributed by atoms with van der Waals surface area (Å²) >= 11 is 0. The topological polar surface area (TPSA) is 20.2 Å². The monoisotopic (exact) mass is 426 g/mol. The Morgan fingerprint density at radius 2 is 1.81 bits per heavy atom. The van der Waals surface area contributed by atoms with E-state index in [1.807, 2.05) is 11.1 Å². The van der Waals surface area contributed by atoms with Crippen LogP contribution in [0.2, 0.25) is 0 Å². The van der Waals surface area contributed by atoms with E-state index in [-0.39, 0.29) is 11.5 Å². The molecule has 2 saturated carbocycles. The lowest BCUT2D eigenvalue weighted by atomic mass is 9.45. The third-order valence-electron chi connectivity index (χ3n) is 11.4. The maximum atomic E-state index is 10.9. The highest BCUT2D eigenvalue weighted by Crippen LogP contribution is 2.68. The smallest absolute Gasteiger partial charge is 0.0597 e. The quantitative estimate of drug-likeness (QED) is 0.437. The van der Waals surface area contributed by atoms with Gasteiger partial charge in [-0.3, -0.25) is 0 Å². The van der Waals surface area contributed by atoms with E-state index in [4.69, 9.17) is 0 Å². The van der Waals surface area contributed by atoms with Gasteiger partial charge in [0.25, 0.3) is 0 Å². The zero-order valence-electron chi connectivity index (χ0n) is 21.7. The van der Waals surface area contributed by atoms with Crippen molar-refractivity contribution >= 4 is 0 Å². The minimum Gasteiger partial charge on any atom is -0.393 e. The van der Waals surface area contributed by atoms with Gasteiger partial charge in [0.1, 0.15) is 0 Å². The molecule has 8 atom stereocenters. The zero-order chi connectivity index (χ0) is 22.6. The molecule has 176 valence electrons. The molecule has 0 amide bonds. The molecule has 4 aliphatic carbocycles. The molecule has 0 aliphatic heterocycles. The molecule has 0 spiro atoms. The predicted octanol–water partition coefficient (Wildman–Crippen LogP) is 8.48. The van der Waals surface area contributed by atoms with E-state index in [9.17, 15) is 5.11 Å². The molecule has 0 aromatic rings. The van der Waals surface area contributed by atoms with Crippen molar-refractivity contribution < 1.29 is 5.11 Å². The van der Waals surface area contributed by atoms with E-state index in [2.05, 4.69) is 54.5 Å². The first kappa shape index (κ1) is 23.6. The molecule has 4 aliphatic rings. The lowest BCUT2D eigenvalue weighted by Gasteiger charge is -2.60. The maximum absolute atomic E-state index is 10.9. The van der Waals surface area contributed by atoms with Gasteiger partial charge >= 0.3 is 0 Å². The van der Waals surface area contributed by atoms with Crippen LogP contribution in [0.3, 0.4) is 0 Å². The van der Waals surface area contributed by atoms with Gasteiger partial charge in [-0.25, -0.2) is 0 Å². The first-order valence-electron chi connectivity index (χ1n) is 13.6. The molecule has 1 N–H and O–H groups in total. The van der Waals surface area contributed by atoms with Gasteiger partial charge in [0.2, 0.25) is 0 Å². The van der Waals surface area contributed by atoms with Crippen molar-refractivity contribution in [1.29, 1.82) is 0 Å². The lowest BCUT2D eigenvalue weighted by molar-refractivity contribution is -0.105. The van der Waals surface area contributed by atoms with Crippen LogP contribution >= 0.6 is 0 Å². The van der Waals surface area contributed by atoms with E-state index in [1.165, 1.54) is 63.4 Å². The second-order valence-electron chi connectivity index (χ2n) is 13.0. The summed E-state index contributed by atoms with van der Waals surface area (Å²) < 4.78 is 0. The second-order valence-corrected chi connectivity index (χ2v) is 13.0. The fourth-order valence-electron chi connectivity index (χ4n) is 9.40. The molecule has 0 saturated heterocycles. The molecule has 0 aromatic heterocycles. The maximum Gasteiger partial charge on any atom is 0.0597 e. The predicted molar refractivity (Wildman–Crippen MR) is 133 cm³/mol. The first-order valence-corrected chi connectivity index (χ1v) is 13.6. The van der Waals surface area contributed by atoms with Crippen LogP contribution in [0.25, 0.3) is 0 Å². The highest BCUT2D eigenvalue weighted by atomic mass is 16.3. The van der Waals surface area contributed by atoms with Gasteiger partial charge in [0, 0.05) is 0 Å². The van der Waals surface area contributed by atoms with Crippen LogP contribution in [0.4, 0.5) is 0 Å². The SMILES string of the molecule is CCC1(C)C(O)CC[C@]2(C)C3=C(CCC12)[C@@H]1CC[C@H]([C@H](C)CCC=C(C)C)[C@@]1(C)CC3. The first-order chi connectivity index (χ1) is 14.6. The summed E-state index contributed by atoms with van der Waals surface area (Å²) in [5, 5.41) is 10.9. The number of hydrogen-bond donors (Lipinski definition) is 1. The van der Waals surface area contributed by atoms with Crippen LogP contribution in [0.5, 0.6) is 0 Å². The second kappa shape index (κ2) is 8.34. The van der Waals surface area contributed by atoms with Crippen molar-refractivity contribution in [2.45, 2.75) is 125 Å². The van der Waals surface area contributed by atoms with E-state index in [0.717, 1.165) is 30.6 Å². The number of aliphatic hydroxyl groups excluding tert-OH is 1. The van der Waals surface area contributed by atoms with Gasteiger partial charge < -0.3 is 5.11 Å². The van der Waals surface area contributed by atoms with Crippen LogP contribution < -0.4 is 0 Å². The van der Waals surface area contributed by atoms with Crippen molar-refractivity contribution in [3.8, 4) is 0 Å². The van der Waals surface area contributed by atoms with Crippen LogP contribution in [-0.4, -0.2) is 11.2 Å². The molecule has 3 unspecified atom stereocenters. The van der Waals surface area contributed by atoms with Gasteiger partial charge in [0.15, 0.2) is 0 Å². The summed E-state index contributed by atoms with van der Waals surface area (Å²) in [6, 6.07) is 0. The molecular formula is C30H50O. The van der Waals surface area contributed by atoms with Gasteiger partial charge in [-0.1, -0.05) is 57.4 Å². The normalized spacial score (nSPS) is 45.5. The fourth-order valence-corrected chi connectivity index (χ4v) is 9.40. The summed E-state index contributed by atoms with van der Waals surface area (Å²) in [5.41, 5.74) is 6.21. The summed E-state index contributed by atoms with van der Waals surface area (Å²) in [6.45, 7) is 17.0. The van der Waals surface area contributed by atoms with Crippen LogP contribution in [0, 0.1) is 39.9 Å². The van der Waals surface area contributed by atoms with Crippen molar-refractivity contribution in [3.05, 3.63) is 22.8 Å². The van der Waals surface area contributed by atoms with Crippen molar-refractivity contribution in [2.24, 2.45) is 39.9 Å². The van der Waals surface area contributed by atoms with Crippen LogP contribution in [-0.2, 0) is 0 Å². The number of fused-ring (bicyclic) bond motifs is 4. The summed E-state index contributed by atoms with van der Waals surface area (Å²) in [6.07, 6.45) is 16.5. The van der Waals surface area contributed by atoms with Gasteiger partial charge in [-0.2, -0.15) is 0 Å². The minimum absolute atomic E-state index is 0.101. The van der Waals surface area contributed by atoms with E-state index < -0.39 is 0 Å². The Labute approximate surface area is 193 Å². The molecule has 1 nitrogen and oxygen atoms in total. The third-order valence-corrected chi connectivity index (χ3v) is 11.4. The Morgan fingerprint density at radius 1 is 1.06 bits per heavy atom. The Kier molecular flexibility index (Phi) is 6.35. The molecule has 1 heteroatoms. The Hall–Kier alpha value is -0.560. The fraction of sp³-hybridized carbons (Fsp3) is 0.867. The highest BCUT2D eigenvalue weighted by molar-refractivity contribution is 5.35. The van der Waals surface area contributed by atoms with Crippen LogP contribution in [0.1, 0.15) is 119 Å². The third kappa shape index (κ3) is 3.60. The van der Waals surface area contributed by atoms with Crippen molar-refractivity contribution in [3.63, 3.8) is 0 Å². The minimum atomic E-state index is -0.107. The van der Waals surface area contributed by atoms with Gasteiger partial charge in [0.05, 0.1) is 6.10 Å². The Balaban J connectivity index is 1.60. The standard InChI is InChI=1S/C30H50O/c1-8-28(5)26-15-12-22-24-14-13-23(21(4)11-9-10-20(2)3)29(24,6)18-16-25(22)30(26,7)19-17-27(28)31/h10,21,23-24,26-27,31H,8-9,11-19H2,1-7H3/t21-,23-,24+,26?,27?,28?,29-,30-/m1/s1. The number of rotatable bonds is 5. The molecular weight excluding hydrogens is 376 g/mol. The number of hydrogen-bond acceptors (Lipinski definition) is 1. The molecule has 4 rings (SSSR count). The largest absolute Gasteiger partial charge is 0.393 e. The summed E-state index contributed by atoms with van der Waals surface area (Å²) in [5.74, 6) is 3.24. The molecule has 0 heterocycles. The van der Waals surface area contributed by atoms with Gasteiger partial charge in [-0.05, 0) is 124 Å². The zero-order valence-corrected chi connectivity index (χ0v) is 21.7. The van der Waals surface area contributed by atoms with E-state index >= 15 is 0 Å². The van der Waals surface area contributed by atoms with E-state index in [0.29, 0.717) is 16.7 Å². The average molecular weight is 427 g/mol. The summed E-state index contributed by atoms with van der Waals surface area (Å²) in [7, 11) is 0. The Morgan fingerprint density at radius 3 is 2.48 bits per heavy atom. The Bertz CT molecular complexity index is 742. The van der Waals surface area contributed by atoms with E-state index in [1.54, 1.807) is 0 Å². The van der Waals surface area contributed by atoms with Crippen molar-refractivity contribution in [1.82, 2.24) is 0 Å².